The molecule has 0 atom stereocenters. The Morgan fingerprint density at radius 2 is 2.07 bits per heavy atom. The highest BCUT2D eigenvalue weighted by Crippen LogP contribution is 2.12. The van der Waals surface area contributed by atoms with E-state index in [1.54, 1.807) is 11.0 Å². The Balaban J connectivity index is 1.91. The van der Waals surface area contributed by atoms with Gasteiger partial charge in [0.25, 0.3) is 0 Å². The van der Waals surface area contributed by atoms with Crippen molar-refractivity contribution < 1.29 is 9.53 Å². The summed E-state index contributed by atoms with van der Waals surface area (Å²) in [6.45, 7) is 1.58. The normalized spacial score (nSPS) is 16.1. The highest BCUT2D eigenvalue weighted by Gasteiger charge is 2.18. The maximum absolute atomic E-state index is 11.6. The molecule has 2 rings (SSSR count). The van der Waals surface area contributed by atoms with Crippen LogP contribution in [0.15, 0.2) is 18.5 Å². The molecule has 0 spiro atoms. The molecule has 80 valence electrons. The van der Waals surface area contributed by atoms with E-state index in [4.69, 9.17) is 4.74 Å². The first kappa shape index (κ1) is 9.89. The Hall–Kier alpha value is -1.65. The number of likely N-dealkylation sites (tertiary alicyclic amines) is 1. The predicted octanol–water partition coefficient (Wildman–Crippen LogP) is 1.46. The van der Waals surface area contributed by atoms with Crippen molar-refractivity contribution in [2.75, 3.05) is 13.1 Å². The van der Waals surface area contributed by atoms with Crippen LogP contribution in [0.25, 0.3) is 0 Å². The summed E-state index contributed by atoms with van der Waals surface area (Å²) in [6.07, 6.45) is 5.96. The average molecular weight is 207 g/mol. The third-order valence-electron chi connectivity index (χ3n) is 2.38. The lowest BCUT2D eigenvalue weighted by molar-refractivity contribution is 0.142. The topological polar surface area (TPSA) is 55.3 Å². The quantitative estimate of drug-likeness (QED) is 0.699. The Morgan fingerprint density at radius 3 is 2.73 bits per heavy atom. The minimum atomic E-state index is -0.289. The standard InChI is InChI=1S/C10H13N3O2/c14-10(13-6-2-1-3-7-13)15-9-4-5-11-12-8-9/h4-5,8H,1-3,6-7H2. The van der Waals surface area contributed by atoms with Crippen molar-refractivity contribution in [3.8, 4) is 5.75 Å². The fourth-order valence-electron chi connectivity index (χ4n) is 1.58. The van der Waals surface area contributed by atoms with Gasteiger partial charge in [0.1, 0.15) is 0 Å². The van der Waals surface area contributed by atoms with Crippen LogP contribution in [0.3, 0.4) is 0 Å². The van der Waals surface area contributed by atoms with E-state index in [1.165, 1.54) is 18.8 Å². The van der Waals surface area contributed by atoms with Gasteiger partial charge < -0.3 is 9.64 Å². The van der Waals surface area contributed by atoms with Gasteiger partial charge in [0, 0.05) is 19.2 Å². The molecule has 1 amide bonds. The maximum atomic E-state index is 11.6. The van der Waals surface area contributed by atoms with Gasteiger partial charge in [0.2, 0.25) is 0 Å². The molecule has 15 heavy (non-hydrogen) atoms. The van der Waals surface area contributed by atoms with Gasteiger partial charge in [0.15, 0.2) is 5.75 Å². The summed E-state index contributed by atoms with van der Waals surface area (Å²) in [7, 11) is 0. The molecular weight excluding hydrogens is 194 g/mol. The first-order chi connectivity index (χ1) is 7.36. The lowest BCUT2D eigenvalue weighted by atomic mass is 10.1. The maximum Gasteiger partial charge on any atom is 0.415 e. The monoisotopic (exact) mass is 207 g/mol. The molecule has 1 aromatic heterocycles. The Morgan fingerprint density at radius 1 is 1.27 bits per heavy atom. The highest BCUT2D eigenvalue weighted by molar-refractivity contribution is 5.70. The minimum Gasteiger partial charge on any atom is -0.408 e. The molecule has 1 saturated heterocycles. The number of hydrogen-bond acceptors (Lipinski definition) is 4. The van der Waals surface area contributed by atoms with Gasteiger partial charge in [-0.25, -0.2) is 4.79 Å². The third kappa shape index (κ3) is 2.65. The number of ether oxygens (including phenoxy) is 1. The van der Waals surface area contributed by atoms with Crippen LogP contribution in [0.5, 0.6) is 5.75 Å². The van der Waals surface area contributed by atoms with E-state index in [2.05, 4.69) is 10.2 Å². The summed E-state index contributed by atoms with van der Waals surface area (Å²) in [5, 5.41) is 7.25. The van der Waals surface area contributed by atoms with Crippen LogP contribution >= 0.6 is 0 Å². The molecule has 5 heteroatoms. The van der Waals surface area contributed by atoms with Crippen LogP contribution in [0.4, 0.5) is 4.79 Å². The molecule has 0 unspecified atom stereocenters. The number of carbonyl (C=O) groups excluding carboxylic acids is 1. The van der Waals surface area contributed by atoms with Gasteiger partial charge in [-0.1, -0.05) is 0 Å². The molecule has 1 aliphatic rings. The van der Waals surface area contributed by atoms with Crippen LogP contribution in [0.1, 0.15) is 19.3 Å². The molecule has 0 N–H and O–H groups in total. The lowest BCUT2D eigenvalue weighted by Crippen LogP contribution is -2.37. The smallest absolute Gasteiger partial charge is 0.408 e. The molecule has 5 nitrogen and oxygen atoms in total. The van der Waals surface area contributed by atoms with Crippen molar-refractivity contribution in [2.24, 2.45) is 0 Å². The Labute approximate surface area is 88.1 Å². The van der Waals surface area contributed by atoms with Crippen LogP contribution < -0.4 is 4.74 Å². The molecule has 1 aromatic rings. The fourth-order valence-corrected chi connectivity index (χ4v) is 1.58. The molecule has 0 bridgehead atoms. The van der Waals surface area contributed by atoms with Crippen molar-refractivity contribution in [2.45, 2.75) is 19.3 Å². The lowest BCUT2D eigenvalue weighted by Gasteiger charge is -2.25. The first-order valence-corrected chi connectivity index (χ1v) is 5.10. The predicted molar refractivity (Wildman–Crippen MR) is 53.5 cm³/mol. The second-order valence-corrected chi connectivity index (χ2v) is 3.49. The number of aromatic nitrogens is 2. The SMILES string of the molecule is O=C(Oc1ccnnc1)N1CCCCC1. The Kier molecular flexibility index (Phi) is 3.11. The molecule has 2 heterocycles. The summed E-state index contributed by atoms with van der Waals surface area (Å²) < 4.78 is 5.14. The third-order valence-corrected chi connectivity index (χ3v) is 2.38. The van der Waals surface area contributed by atoms with Crippen molar-refractivity contribution in [1.82, 2.24) is 15.1 Å². The second kappa shape index (κ2) is 4.72. The number of rotatable bonds is 1. The van der Waals surface area contributed by atoms with E-state index in [0.29, 0.717) is 5.75 Å². The summed E-state index contributed by atoms with van der Waals surface area (Å²) in [4.78, 5) is 13.3. The molecule has 0 saturated carbocycles. The van der Waals surface area contributed by atoms with E-state index in [-0.39, 0.29) is 6.09 Å². The van der Waals surface area contributed by atoms with E-state index < -0.39 is 0 Å². The molecule has 1 aliphatic heterocycles. The first-order valence-electron chi connectivity index (χ1n) is 5.10. The van der Waals surface area contributed by atoms with Gasteiger partial charge in [-0.05, 0) is 19.3 Å². The van der Waals surface area contributed by atoms with Gasteiger partial charge in [-0.2, -0.15) is 10.2 Å². The molecular formula is C10H13N3O2. The summed E-state index contributed by atoms with van der Waals surface area (Å²) in [5.41, 5.74) is 0. The minimum absolute atomic E-state index is 0.289. The van der Waals surface area contributed by atoms with Gasteiger partial charge in [0.05, 0.1) is 12.4 Å². The van der Waals surface area contributed by atoms with E-state index in [9.17, 15) is 4.79 Å². The molecule has 0 radical (unpaired) electrons. The number of hydrogen-bond donors (Lipinski definition) is 0. The molecule has 0 aromatic carbocycles. The zero-order chi connectivity index (χ0) is 10.5. The summed E-state index contributed by atoms with van der Waals surface area (Å²) >= 11 is 0. The van der Waals surface area contributed by atoms with E-state index in [0.717, 1.165) is 25.9 Å². The number of carbonyl (C=O) groups is 1. The van der Waals surface area contributed by atoms with Crippen LogP contribution in [0.2, 0.25) is 0 Å². The largest absolute Gasteiger partial charge is 0.415 e. The van der Waals surface area contributed by atoms with Crippen molar-refractivity contribution in [3.05, 3.63) is 18.5 Å². The van der Waals surface area contributed by atoms with Crippen LogP contribution in [0, 0.1) is 0 Å². The van der Waals surface area contributed by atoms with Crippen LogP contribution in [-0.2, 0) is 0 Å². The second-order valence-electron chi connectivity index (χ2n) is 3.49. The number of piperidine rings is 1. The van der Waals surface area contributed by atoms with Crippen molar-refractivity contribution in [3.63, 3.8) is 0 Å². The Bertz CT molecular complexity index is 323. The van der Waals surface area contributed by atoms with E-state index >= 15 is 0 Å². The summed E-state index contributed by atoms with van der Waals surface area (Å²) in [5.74, 6) is 0.445. The van der Waals surface area contributed by atoms with Gasteiger partial charge in [-0.15, -0.1) is 0 Å². The number of nitrogens with zero attached hydrogens (tertiary/aromatic N) is 3. The molecule has 0 aliphatic carbocycles. The number of amides is 1. The van der Waals surface area contributed by atoms with Crippen molar-refractivity contribution >= 4 is 6.09 Å². The van der Waals surface area contributed by atoms with Gasteiger partial charge >= 0.3 is 6.09 Å². The zero-order valence-corrected chi connectivity index (χ0v) is 8.43. The van der Waals surface area contributed by atoms with Gasteiger partial charge in [-0.3, -0.25) is 0 Å². The van der Waals surface area contributed by atoms with Crippen LogP contribution in [-0.4, -0.2) is 34.3 Å². The van der Waals surface area contributed by atoms with Crippen molar-refractivity contribution in [1.29, 1.82) is 0 Å². The highest BCUT2D eigenvalue weighted by atomic mass is 16.6. The summed E-state index contributed by atoms with van der Waals surface area (Å²) in [6, 6.07) is 1.62. The molecule has 1 fully saturated rings. The fraction of sp³-hybridized carbons (Fsp3) is 0.500. The zero-order valence-electron chi connectivity index (χ0n) is 8.43. The average Bonchev–Trinajstić information content (AvgIpc) is 2.31. The van der Waals surface area contributed by atoms with E-state index in [1.807, 2.05) is 0 Å².